The normalized spacial score (nSPS) is 13.3. The van der Waals surface area contributed by atoms with Crippen LogP contribution >= 0.6 is 0 Å². The van der Waals surface area contributed by atoms with Crippen molar-refractivity contribution in [3.63, 3.8) is 0 Å². The molecule has 0 radical (unpaired) electrons. The first-order chi connectivity index (χ1) is 31.7. The van der Waals surface area contributed by atoms with Crippen LogP contribution in [0, 0.1) is 0 Å². The molecule has 0 amide bonds. The number of aromatic nitrogens is 5. The van der Waals surface area contributed by atoms with Gasteiger partial charge >= 0.3 is 0 Å². The third-order valence-corrected chi connectivity index (χ3v) is 12.8. The van der Waals surface area contributed by atoms with Gasteiger partial charge in [-0.15, -0.1) is 0 Å². The number of para-hydroxylation sites is 4. The van der Waals surface area contributed by atoms with Crippen LogP contribution in [0.15, 0.2) is 218 Å². The van der Waals surface area contributed by atoms with Crippen LogP contribution in [0.4, 0.5) is 5.69 Å². The first-order valence-electron chi connectivity index (χ1n) is 21.7. The van der Waals surface area contributed by atoms with E-state index in [1.807, 2.05) is 18.2 Å². The van der Waals surface area contributed by atoms with E-state index in [0.717, 1.165) is 44.8 Å². The zero-order chi connectivity index (χ0) is 42.1. The van der Waals surface area contributed by atoms with E-state index in [2.05, 4.69) is 215 Å². The van der Waals surface area contributed by atoms with E-state index in [1.54, 1.807) is 0 Å². The van der Waals surface area contributed by atoms with Crippen LogP contribution in [0.5, 0.6) is 0 Å². The van der Waals surface area contributed by atoms with Crippen molar-refractivity contribution in [2.24, 2.45) is 0 Å². The molecule has 1 unspecified atom stereocenters. The largest absolute Gasteiger partial charge is 0.374 e. The highest BCUT2D eigenvalue weighted by molar-refractivity contribution is 6.15. The molecule has 0 fully saturated rings. The number of hydrogen-bond acceptors (Lipinski definition) is 4. The quantitative estimate of drug-likeness (QED) is 0.182. The first kappa shape index (κ1) is 36.1. The molecule has 0 aliphatic carbocycles. The average molecular weight is 819 g/mol. The number of hydrogen-bond donors (Lipinski definition) is 1. The fourth-order valence-electron chi connectivity index (χ4n) is 9.94. The third kappa shape index (κ3) is 5.70. The van der Waals surface area contributed by atoms with Crippen molar-refractivity contribution >= 4 is 49.3 Å². The van der Waals surface area contributed by atoms with Gasteiger partial charge in [-0.25, -0.2) is 15.0 Å². The Morgan fingerprint density at radius 2 is 0.891 bits per heavy atom. The summed E-state index contributed by atoms with van der Waals surface area (Å²) in [5.74, 6) is 1.85. The average Bonchev–Trinajstić information content (AvgIpc) is 3.89. The van der Waals surface area contributed by atoms with Crippen LogP contribution in [0.3, 0.4) is 0 Å². The molecular formula is C58H38N6. The summed E-state index contributed by atoms with van der Waals surface area (Å²) in [5.41, 5.74) is 15.6. The highest BCUT2D eigenvalue weighted by Crippen LogP contribution is 2.49. The minimum atomic E-state index is -0.0508. The molecule has 1 aliphatic rings. The third-order valence-electron chi connectivity index (χ3n) is 12.8. The minimum Gasteiger partial charge on any atom is -0.374 e. The Labute approximate surface area is 369 Å². The maximum Gasteiger partial charge on any atom is 0.164 e. The van der Waals surface area contributed by atoms with E-state index in [0.29, 0.717) is 17.5 Å². The van der Waals surface area contributed by atoms with Gasteiger partial charge in [0.15, 0.2) is 17.5 Å². The molecule has 300 valence electrons. The van der Waals surface area contributed by atoms with Gasteiger partial charge in [-0.3, -0.25) is 0 Å². The van der Waals surface area contributed by atoms with Crippen molar-refractivity contribution in [1.82, 2.24) is 24.1 Å². The second kappa shape index (κ2) is 14.5. The number of anilines is 1. The second-order valence-corrected chi connectivity index (χ2v) is 16.4. The van der Waals surface area contributed by atoms with Gasteiger partial charge in [-0.2, -0.15) is 0 Å². The summed E-state index contributed by atoms with van der Waals surface area (Å²) in [6, 6.07) is 77.3. The molecule has 1 atom stereocenters. The molecular weight excluding hydrogens is 781 g/mol. The van der Waals surface area contributed by atoms with E-state index in [9.17, 15) is 0 Å². The summed E-state index contributed by atoms with van der Waals surface area (Å²) in [5, 5.41) is 8.81. The van der Waals surface area contributed by atoms with Crippen LogP contribution < -0.4 is 5.32 Å². The summed E-state index contributed by atoms with van der Waals surface area (Å²) in [6.45, 7) is 0. The number of benzene rings is 9. The van der Waals surface area contributed by atoms with E-state index in [-0.39, 0.29) is 6.04 Å². The lowest BCUT2D eigenvalue weighted by atomic mass is 9.84. The smallest absolute Gasteiger partial charge is 0.164 e. The maximum atomic E-state index is 5.25. The van der Waals surface area contributed by atoms with Gasteiger partial charge in [0.2, 0.25) is 0 Å². The number of fused-ring (bicyclic) bond motifs is 10. The SMILES string of the molecule is c1ccc(-c2nc(-c3ccc(-n4c5ccccc5c5ccccc54)cc3)nc(-c3ccc4c5c6c(ccc5n(-c5ccccc5)c4c3)-c3ccccc3NC6c3ccccc3)n2)cc1. The van der Waals surface area contributed by atoms with Gasteiger partial charge in [0.05, 0.1) is 28.1 Å². The van der Waals surface area contributed by atoms with Crippen LogP contribution in [-0.2, 0) is 0 Å². The van der Waals surface area contributed by atoms with Gasteiger partial charge in [0.25, 0.3) is 0 Å². The Bertz CT molecular complexity index is 3690. The molecule has 0 bridgehead atoms. The molecule has 4 heterocycles. The molecule has 0 saturated heterocycles. The summed E-state index contributed by atoms with van der Waals surface area (Å²) in [7, 11) is 0. The summed E-state index contributed by atoms with van der Waals surface area (Å²) < 4.78 is 4.72. The molecule has 3 aromatic heterocycles. The van der Waals surface area contributed by atoms with Crippen molar-refractivity contribution < 1.29 is 0 Å². The van der Waals surface area contributed by atoms with Gasteiger partial charge < -0.3 is 14.5 Å². The topological polar surface area (TPSA) is 60.6 Å². The zero-order valence-electron chi connectivity index (χ0n) is 34.6. The first-order valence-corrected chi connectivity index (χ1v) is 21.7. The lowest BCUT2D eigenvalue weighted by Crippen LogP contribution is -2.18. The monoisotopic (exact) mass is 818 g/mol. The molecule has 0 spiro atoms. The Morgan fingerprint density at radius 1 is 0.359 bits per heavy atom. The van der Waals surface area contributed by atoms with Crippen molar-refractivity contribution in [2.45, 2.75) is 6.04 Å². The molecule has 1 N–H and O–H groups in total. The lowest BCUT2D eigenvalue weighted by Gasteiger charge is -2.31. The Kier molecular flexibility index (Phi) is 8.18. The van der Waals surface area contributed by atoms with Gasteiger partial charge in [0, 0.05) is 60.9 Å². The van der Waals surface area contributed by atoms with Gasteiger partial charge in [-0.05, 0) is 83.4 Å². The fraction of sp³-hybridized carbons (Fsp3) is 0.0172. The maximum absolute atomic E-state index is 5.25. The fourth-order valence-corrected chi connectivity index (χ4v) is 9.94. The molecule has 9 aromatic carbocycles. The van der Waals surface area contributed by atoms with Crippen molar-refractivity contribution in [2.75, 3.05) is 5.32 Å². The predicted molar refractivity (Wildman–Crippen MR) is 262 cm³/mol. The van der Waals surface area contributed by atoms with E-state index in [4.69, 9.17) is 15.0 Å². The minimum absolute atomic E-state index is 0.0508. The molecule has 6 nitrogen and oxygen atoms in total. The lowest BCUT2D eigenvalue weighted by molar-refractivity contribution is 0.941. The second-order valence-electron chi connectivity index (χ2n) is 16.4. The van der Waals surface area contributed by atoms with Crippen LogP contribution in [0.2, 0.25) is 0 Å². The van der Waals surface area contributed by atoms with Crippen molar-refractivity contribution in [3.8, 4) is 56.7 Å². The Hall–Kier alpha value is -8.61. The number of nitrogens with zero attached hydrogens (tertiary/aromatic N) is 5. The van der Waals surface area contributed by atoms with E-state index < -0.39 is 0 Å². The molecule has 1 aliphatic heterocycles. The van der Waals surface area contributed by atoms with Crippen LogP contribution in [0.1, 0.15) is 17.2 Å². The molecule has 12 aromatic rings. The molecule has 0 saturated carbocycles. The van der Waals surface area contributed by atoms with E-state index in [1.165, 1.54) is 54.8 Å². The van der Waals surface area contributed by atoms with Crippen molar-refractivity contribution in [3.05, 3.63) is 230 Å². The van der Waals surface area contributed by atoms with Gasteiger partial charge in [0.1, 0.15) is 0 Å². The molecule has 13 rings (SSSR count). The molecule has 64 heavy (non-hydrogen) atoms. The van der Waals surface area contributed by atoms with Crippen LogP contribution in [0.25, 0.3) is 100 Å². The predicted octanol–water partition coefficient (Wildman–Crippen LogP) is 14.2. The molecule has 6 heteroatoms. The summed E-state index contributed by atoms with van der Waals surface area (Å²) >= 11 is 0. The summed E-state index contributed by atoms with van der Waals surface area (Å²) in [4.78, 5) is 15.6. The standard InChI is InChI=1S/C58H38N6/c1-4-16-37(17-5-1)55-54-46(43-22-10-13-25-48(43)59-55)34-35-51-53(54)47-33-30-40(36-52(47)64(51)41-20-8-3-9-21-41)58-61-56(38-18-6-2-7-19-38)60-57(62-58)39-28-31-42(32-29-39)63-49-26-14-11-23-44(49)45-24-12-15-27-50(45)63/h1-36,55,59H. The number of nitrogens with one attached hydrogen (secondary N) is 1. The van der Waals surface area contributed by atoms with E-state index >= 15 is 0 Å². The Morgan fingerprint density at radius 3 is 1.59 bits per heavy atom. The highest BCUT2D eigenvalue weighted by Gasteiger charge is 2.30. The Balaban J connectivity index is 1.01. The van der Waals surface area contributed by atoms with Crippen molar-refractivity contribution in [1.29, 1.82) is 0 Å². The highest BCUT2D eigenvalue weighted by atomic mass is 15.0. The van der Waals surface area contributed by atoms with Gasteiger partial charge in [-0.1, -0.05) is 152 Å². The number of rotatable bonds is 6. The summed E-state index contributed by atoms with van der Waals surface area (Å²) in [6.07, 6.45) is 0. The zero-order valence-corrected chi connectivity index (χ0v) is 34.6. The van der Waals surface area contributed by atoms with Crippen LogP contribution in [-0.4, -0.2) is 24.1 Å².